The second-order valence-corrected chi connectivity index (χ2v) is 7.82. The van der Waals surface area contributed by atoms with Crippen molar-refractivity contribution in [2.45, 2.75) is 24.9 Å². The summed E-state index contributed by atoms with van der Waals surface area (Å²) < 4.78 is 27.0. The summed E-state index contributed by atoms with van der Waals surface area (Å²) in [4.78, 5) is 40.6. The molecule has 6 nitrogen and oxygen atoms in total. The van der Waals surface area contributed by atoms with Gasteiger partial charge >= 0.3 is 6.03 Å². The quantitative estimate of drug-likeness (QED) is 0.755. The fourth-order valence-corrected chi connectivity index (χ4v) is 4.08. The summed E-state index contributed by atoms with van der Waals surface area (Å²) in [6.07, 6.45) is 0.399. The van der Waals surface area contributed by atoms with Crippen LogP contribution >= 0.6 is 11.6 Å². The minimum Gasteiger partial charge on any atom is -0.338 e. The highest BCUT2D eigenvalue weighted by molar-refractivity contribution is 6.31. The summed E-state index contributed by atoms with van der Waals surface area (Å²) >= 11 is 6.14. The number of rotatable bonds is 3. The predicted molar refractivity (Wildman–Crippen MR) is 105 cm³/mol. The molecule has 2 fully saturated rings. The number of nitrogens with one attached hydrogen (secondary N) is 1. The Bertz CT molecular complexity index is 1040. The average Bonchev–Trinajstić information content (AvgIpc) is 2.94. The van der Waals surface area contributed by atoms with Crippen LogP contribution < -0.4 is 5.32 Å². The van der Waals surface area contributed by atoms with Gasteiger partial charge in [0.1, 0.15) is 17.2 Å². The Morgan fingerprint density at radius 1 is 1.10 bits per heavy atom. The summed E-state index contributed by atoms with van der Waals surface area (Å²) in [5.41, 5.74) is -0.676. The fourth-order valence-electron chi connectivity index (χ4n) is 3.88. The lowest BCUT2D eigenvalue weighted by atomic mass is 9.87. The number of halogens is 3. The first-order chi connectivity index (χ1) is 14.3. The summed E-state index contributed by atoms with van der Waals surface area (Å²) in [7, 11) is 0. The van der Waals surface area contributed by atoms with Gasteiger partial charge < -0.3 is 10.2 Å². The van der Waals surface area contributed by atoms with Gasteiger partial charge in [-0.3, -0.25) is 14.5 Å². The minimum atomic E-state index is -1.10. The Kier molecular flexibility index (Phi) is 5.19. The zero-order valence-electron chi connectivity index (χ0n) is 15.8. The van der Waals surface area contributed by atoms with Gasteiger partial charge in [-0.05, 0) is 36.6 Å². The van der Waals surface area contributed by atoms with Gasteiger partial charge in [-0.15, -0.1) is 0 Å². The zero-order chi connectivity index (χ0) is 21.5. The normalized spacial score (nSPS) is 18.1. The van der Waals surface area contributed by atoms with E-state index in [0.29, 0.717) is 16.7 Å². The second kappa shape index (κ2) is 7.68. The molecule has 2 aliphatic heterocycles. The summed E-state index contributed by atoms with van der Waals surface area (Å²) in [6.45, 7) is 0.360. The Hall–Kier alpha value is -3.00. The van der Waals surface area contributed by atoms with Crippen LogP contribution in [0.3, 0.4) is 0 Å². The number of hydrogen-bond donors (Lipinski definition) is 1. The number of benzene rings is 2. The Morgan fingerprint density at radius 2 is 1.80 bits per heavy atom. The fraction of sp³-hybridized carbons (Fsp3) is 0.286. The van der Waals surface area contributed by atoms with Crippen molar-refractivity contribution in [1.29, 1.82) is 0 Å². The summed E-state index contributed by atoms with van der Waals surface area (Å²) in [5.74, 6) is -2.64. The van der Waals surface area contributed by atoms with Gasteiger partial charge in [0.05, 0.1) is 12.1 Å². The van der Waals surface area contributed by atoms with Crippen LogP contribution in [0, 0.1) is 11.6 Å². The third kappa shape index (κ3) is 3.52. The van der Waals surface area contributed by atoms with Crippen LogP contribution in [-0.2, 0) is 11.3 Å². The van der Waals surface area contributed by atoms with E-state index in [1.807, 2.05) is 0 Å². The van der Waals surface area contributed by atoms with Crippen molar-refractivity contribution in [3.8, 4) is 0 Å². The molecular weight excluding hydrogens is 416 g/mol. The van der Waals surface area contributed by atoms with E-state index in [0.717, 1.165) is 17.0 Å². The van der Waals surface area contributed by atoms with E-state index < -0.39 is 29.1 Å². The van der Waals surface area contributed by atoms with Gasteiger partial charge in [0.2, 0.25) is 0 Å². The van der Waals surface area contributed by atoms with E-state index in [9.17, 15) is 23.2 Å². The van der Waals surface area contributed by atoms with Gasteiger partial charge in [0.15, 0.2) is 0 Å². The van der Waals surface area contributed by atoms with E-state index in [1.165, 1.54) is 4.90 Å². The first-order valence-electron chi connectivity index (χ1n) is 9.42. The molecule has 0 radical (unpaired) electrons. The van der Waals surface area contributed by atoms with Crippen LogP contribution in [0.15, 0.2) is 42.5 Å². The van der Waals surface area contributed by atoms with Crippen molar-refractivity contribution in [3.63, 3.8) is 0 Å². The lowest BCUT2D eigenvalue weighted by Gasteiger charge is -2.37. The topological polar surface area (TPSA) is 69.7 Å². The maximum atomic E-state index is 13.9. The summed E-state index contributed by atoms with van der Waals surface area (Å²) in [6, 6.07) is 9.23. The molecule has 1 spiro atoms. The molecular formula is C21H18ClF2N3O3. The lowest BCUT2D eigenvalue weighted by molar-refractivity contribution is -0.133. The van der Waals surface area contributed by atoms with Crippen LogP contribution in [0.5, 0.6) is 0 Å². The molecule has 0 saturated carbocycles. The van der Waals surface area contributed by atoms with Crippen LogP contribution in [0.2, 0.25) is 5.02 Å². The number of imide groups is 1. The van der Waals surface area contributed by atoms with Crippen molar-refractivity contribution in [3.05, 3.63) is 70.2 Å². The maximum Gasteiger partial charge on any atom is 0.325 e. The molecule has 30 heavy (non-hydrogen) atoms. The number of nitrogens with zero attached hydrogens (tertiary/aromatic N) is 2. The van der Waals surface area contributed by atoms with Crippen LogP contribution in [0.25, 0.3) is 0 Å². The van der Waals surface area contributed by atoms with Crippen molar-refractivity contribution >= 4 is 29.4 Å². The Labute approximate surface area is 176 Å². The number of urea groups is 1. The predicted octanol–water partition coefficient (Wildman–Crippen LogP) is 3.35. The molecule has 0 bridgehead atoms. The number of carbonyl (C=O) groups excluding carboxylic acids is 3. The molecule has 4 rings (SSSR count). The highest BCUT2D eigenvalue weighted by Crippen LogP contribution is 2.32. The number of carbonyl (C=O) groups is 3. The molecule has 0 atom stereocenters. The first kappa shape index (κ1) is 20.3. The third-order valence-corrected chi connectivity index (χ3v) is 5.97. The van der Waals surface area contributed by atoms with Gasteiger partial charge in [0.25, 0.3) is 11.8 Å². The Balaban J connectivity index is 1.46. The molecule has 2 aliphatic rings. The highest BCUT2D eigenvalue weighted by atomic mass is 35.5. The van der Waals surface area contributed by atoms with Crippen LogP contribution in [0.4, 0.5) is 13.6 Å². The largest absolute Gasteiger partial charge is 0.338 e. The average molecular weight is 434 g/mol. The molecule has 0 unspecified atom stereocenters. The number of likely N-dealkylation sites (tertiary alicyclic amines) is 1. The number of hydrogen-bond acceptors (Lipinski definition) is 3. The SMILES string of the molecule is O=C(c1ccc(F)cc1F)N1CCC2(CC1)NC(=O)N(Cc1ccccc1Cl)C2=O. The molecule has 156 valence electrons. The smallest absolute Gasteiger partial charge is 0.325 e. The van der Waals surface area contributed by atoms with E-state index in [4.69, 9.17) is 11.6 Å². The van der Waals surface area contributed by atoms with Gasteiger partial charge in [-0.1, -0.05) is 29.8 Å². The molecule has 2 heterocycles. The minimum absolute atomic E-state index is 0.0511. The molecule has 0 aromatic heterocycles. The molecule has 2 aromatic rings. The molecule has 9 heteroatoms. The zero-order valence-corrected chi connectivity index (χ0v) is 16.6. The van der Waals surface area contributed by atoms with Crippen molar-refractivity contribution in [2.75, 3.05) is 13.1 Å². The molecule has 0 aliphatic carbocycles. The van der Waals surface area contributed by atoms with Gasteiger partial charge in [-0.25, -0.2) is 13.6 Å². The van der Waals surface area contributed by atoms with E-state index in [1.54, 1.807) is 24.3 Å². The van der Waals surface area contributed by atoms with Crippen molar-refractivity contribution in [2.24, 2.45) is 0 Å². The van der Waals surface area contributed by atoms with Crippen LogP contribution in [-0.4, -0.2) is 46.3 Å². The summed E-state index contributed by atoms with van der Waals surface area (Å²) in [5, 5.41) is 3.22. The monoisotopic (exact) mass is 433 g/mol. The Morgan fingerprint density at radius 3 is 2.47 bits per heavy atom. The second-order valence-electron chi connectivity index (χ2n) is 7.41. The van der Waals surface area contributed by atoms with Crippen molar-refractivity contribution < 1.29 is 23.2 Å². The first-order valence-corrected chi connectivity index (χ1v) is 9.80. The molecule has 2 aromatic carbocycles. The van der Waals surface area contributed by atoms with E-state index in [2.05, 4.69) is 5.32 Å². The molecule has 4 amide bonds. The maximum absolute atomic E-state index is 13.9. The number of piperidine rings is 1. The molecule has 1 N–H and O–H groups in total. The third-order valence-electron chi connectivity index (χ3n) is 5.60. The van der Waals surface area contributed by atoms with Gasteiger partial charge in [0, 0.05) is 24.2 Å². The van der Waals surface area contributed by atoms with Gasteiger partial charge in [-0.2, -0.15) is 0 Å². The van der Waals surface area contributed by atoms with Crippen LogP contribution in [0.1, 0.15) is 28.8 Å². The molecule has 2 saturated heterocycles. The van der Waals surface area contributed by atoms with E-state index in [-0.39, 0.29) is 43.9 Å². The number of amides is 4. The standard InChI is InChI=1S/C21H18ClF2N3O3/c22-16-4-2-1-3-13(16)12-27-19(29)21(25-20(27)30)7-9-26(10-8-21)18(28)15-6-5-14(23)11-17(15)24/h1-6,11H,7-10,12H2,(H,25,30). The lowest BCUT2D eigenvalue weighted by Crippen LogP contribution is -2.55. The highest BCUT2D eigenvalue weighted by Gasteiger charge is 2.52. The van der Waals surface area contributed by atoms with Crippen molar-refractivity contribution in [1.82, 2.24) is 15.1 Å². The van der Waals surface area contributed by atoms with E-state index >= 15 is 0 Å².